The second kappa shape index (κ2) is 2.41. The van der Waals surface area contributed by atoms with E-state index in [0.29, 0.717) is 5.37 Å². The van der Waals surface area contributed by atoms with E-state index in [1.165, 1.54) is 0 Å². The van der Waals surface area contributed by atoms with Gasteiger partial charge in [-0.1, -0.05) is 12.2 Å². The standard InChI is InChI=1S/C8H9NOS/c1-2-6-7(10)9-4-3-5-11-8(6)9/h2-4,6,8H,1,5H2/t6?,8-/m0/s1. The highest BCUT2D eigenvalue weighted by atomic mass is 32.2. The molecule has 2 atom stereocenters. The number of hydrogen-bond donors (Lipinski definition) is 0. The second-order valence-corrected chi connectivity index (χ2v) is 3.77. The van der Waals surface area contributed by atoms with Crippen LogP contribution in [0, 0.1) is 5.92 Å². The monoisotopic (exact) mass is 167 g/mol. The largest absolute Gasteiger partial charge is 0.305 e. The molecule has 2 nitrogen and oxygen atoms in total. The summed E-state index contributed by atoms with van der Waals surface area (Å²) in [6.45, 7) is 3.64. The first-order valence-corrected chi connectivity index (χ1v) is 4.62. The summed E-state index contributed by atoms with van der Waals surface area (Å²) in [7, 11) is 0. The molecule has 11 heavy (non-hydrogen) atoms. The van der Waals surface area contributed by atoms with Gasteiger partial charge in [0.2, 0.25) is 5.91 Å². The average molecular weight is 167 g/mol. The first kappa shape index (κ1) is 6.98. The minimum absolute atomic E-state index is 0.0601. The van der Waals surface area contributed by atoms with Gasteiger partial charge >= 0.3 is 0 Å². The molecule has 0 bridgehead atoms. The maximum atomic E-state index is 11.2. The molecule has 0 saturated carbocycles. The maximum absolute atomic E-state index is 11.2. The third-order valence-corrected chi connectivity index (χ3v) is 3.25. The Morgan fingerprint density at radius 2 is 2.64 bits per heavy atom. The summed E-state index contributed by atoms with van der Waals surface area (Å²) in [6, 6.07) is 0. The Bertz CT molecular complexity index is 236. The number of amides is 1. The Morgan fingerprint density at radius 3 is 3.36 bits per heavy atom. The smallest absolute Gasteiger partial charge is 0.237 e. The average Bonchev–Trinajstić information content (AvgIpc) is 2.05. The fourth-order valence-electron chi connectivity index (χ4n) is 1.38. The van der Waals surface area contributed by atoms with Gasteiger partial charge in [0.1, 0.15) is 0 Å². The third kappa shape index (κ3) is 0.839. The van der Waals surface area contributed by atoms with Crippen molar-refractivity contribution < 1.29 is 4.79 Å². The van der Waals surface area contributed by atoms with E-state index in [1.807, 2.05) is 12.3 Å². The molecule has 3 heteroatoms. The zero-order valence-electron chi connectivity index (χ0n) is 6.06. The number of rotatable bonds is 1. The minimum atomic E-state index is 0.0601. The summed E-state index contributed by atoms with van der Waals surface area (Å²) in [5.41, 5.74) is 0. The van der Waals surface area contributed by atoms with Crippen LogP contribution in [0.2, 0.25) is 0 Å². The van der Waals surface area contributed by atoms with Crippen LogP contribution in [0.15, 0.2) is 24.9 Å². The van der Waals surface area contributed by atoms with Crippen LogP contribution >= 0.6 is 11.8 Å². The van der Waals surface area contributed by atoms with Gasteiger partial charge in [0.25, 0.3) is 0 Å². The molecule has 0 aromatic rings. The van der Waals surface area contributed by atoms with Gasteiger partial charge < -0.3 is 4.90 Å². The number of carbonyl (C=O) groups excluding carboxylic acids is 1. The molecule has 1 saturated heterocycles. The van der Waals surface area contributed by atoms with Crippen molar-refractivity contribution in [3.05, 3.63) is 24.9 Å². The summed E-state index contributed by atoms with van der Waals surface area (Å²) in [6.07, 6.45) is 5.64. The molecule has 0 aliphatic carbocycles. The molecule has 0 N–H and O–H groups in total. The van der Waals surface area contributed by atoms with E-state index >= 15 is 0 Å². The van der Waals surface area contributed by atoms with Crippen LogP contribution in [-0.4, -0.2) is 21.9 Å². The second-order valence-electron chi connectivity index (χ2n) is 2.62. The molecule has 0 aromatic carbocycles. The number of nitrogens with zero attached hydrogens (tertiary/aromatic N) is 1. The Hall–Kier alpha value is -0.700. The van der Waals surface area contributed by atoms with E-state index in [-0.39, 0.29) is 11.8 Å². The summed E-state index contributed by atoms with van der Waals surface area (Å²) in [4.78, 5) is 13.0. The van der Waals surface area contributed by atoms with E-state index in [2.05, 4.69) is 6.58 Å². The van der Waals surface area contributed by atoms with E-state index in [4.69, 9.17) is 0 Å². The summed E-state index contributed by atoms with van der Waals surface area (Å²) >= 11 is 1.80. The molecule has 2 heterocycles. The predicted octanol–water partition coefficient (Wildman–Crippen LogP) is 1.22. The lowest BCUT2D eigenvalue weighted by atomic mass is 9.99. The Morgan fingerprint density at radius 1 is 1.82 bits per heavy atom. The van der Waals surface area contributed by atoms with Crippen molar-refractivity contribution in [3.63, 3.8) is 0 Å². The van der Waals surface area contributed by atoms with Crippen molar-refractivity contribution in [2.24, 2.45) is 5.92 Å². The lowest BCUT2D eigenvalue weighted by Gasteiger charge is -2.45. The van der Waals surface area contributed by atoms with Crippen LogP contribution in [0.25, 0.3) is 0 Å². The SMILES string of the molecule is C=CC1C(=O)N2C=CCS[C@@H]12. The van der Waals surface area contributed by atoms with Crippen LogP contribution < -0.4 is 0 Å². The van der Waals surface area contributed by atoms with Crippen LogP contribution in [0.4, 0.5) is 0 Å². The van der Waals surface area contributed by atoms with Crippen molar-refractivity contribution in [3.8, 4) is 0 Å². The minimum Gasteiger partial charge on any atom is -0.305 e. The fraction of sp³-hybridized carbons (Fsp3) is 0.375. The Balaban J connectivity index is 2.18. The molecular formula is C8H9NOS. The fourth-order valence-corrected chi connectivity index (χ4v) is 2.54. The lowest BCUT2D eigenvalue weighted by molar-refractivity contribution is -0.142. The zero-order valence-corrected chi connectivity index (χ0v) is 6.88. The summed E-state index contributed by atoms with van der Waals surface area (Å²) in [5.74, 6) is 1.26. The number of carbonyl (C=O) groups is 1. The first-order chi connectivity index (χ1) is 5.34. The Labute approximate surface area is 69.9 Å². The molecular weight excluding hydrogens is 158 g/mol. The van der Waals surface area contributed by atoms with E-state index in [1.54, 1.807) is 22.7 Å². The van der Waals surface area contributed by atoms with Crippen LogP contribution in [0.5, 0.6) is 0 Å². The quantitative estimate of drug-likeness (QED) is 0.432. The molecule has 2 rings (SSSR count). The van der Waals surface area contributed by atoms with Crippen LogP contribution in [0.1, 0.15) is 0 Å². The molecule has 0 aromatic heterocycles. The van der Waals surface area contributed by atoms with Crippen LogP contribution in [0.3, 0.4) is 0 Å². The normalized spacial score (nSPS) is 34.5. The van der Waals surface area contributed by atoms with E-state index in [0.717, 1.165) is 5.75 Å². The van der Waals surface area contributed by atoms with Crippen molar-refractivity contribution >= 4 is 17.7 Å². The van der Waals surface area contributed by atoms with Gasteiger partial charge in [-0.2, -0.15) is 0 Å². The van der Waals surface area contributed by atoms with Gasteiger partial charge in [-0.3, -0.25) is 4.79 Å². The molecule has 1 unspecified atom stereocenters. The molecule has 58 valence electrons. The highest BCUT2D eigenvalue weighted by molar-refractivity contribution is 8.00. The van der Waals surface area contributed by atoms with Crippen LogP contribution in [-0.2, 0) is 4.79 Å². The maximum Gasteiger partial charge on any atom is 0.237 e. The van der Waals surface area contributed by atoms with Gasteiger partial charge in [0.15, 0.2) is 0 Å². The molecule has 1 fully saturated rings. The molecule has 0 spiro atoms. The Kier molecular flexibility index (Phi) is 1.53. The number of β-lactam (4-membered cyclic amide) rings is 1. The van der Waals surface area contributed by atoms with Gasteiger partial charge in [-0.25, -0.2) is 0 Å². The lowest BCUT2D eigenvalue weighted by Crippen LogP contribution is -2.56. The van der Waals surface area contributed by atoms with Gasteiger partial charge in [-0.15, -0.1) is 18.3 Å². The van der Waals surface area contributed by atoms with Gasteiger partial charge in [0, 0.05) is 12.0 Å². The van der Waals surface area contributed by atoms with Crippen molar-refractivity contribution in [2.45, 2.75) is 5.37 Å². The number of hydrogen-bond acceptors (Lipinski definition) is 2. The topological polar surface area (TPSA) is 20.3 Å². The number of thioether (sulfide) groups is 1. The molecule has 1 amide bonds. The third-order valence-electron chi connectivity index (χ3n) is 2.00. The summed E-state index contributed by atoms with van der Waals surface area (Å²) < 4.78 is 0. The first-order valence-electron chi connectivity index (χ1n) is 3.57. The van der Waals surface area contributed by atoms with Crippen molar-refractivity contribution in [1.29, 1.82) is 0 Å². The van der Waals surface area contributed by atoms with Crippen molar-refractivity contribution in [1.82, 2.24) is 4.90 Å². The highest BCUT2D eigenvalue weighted by Gasteiger charge is 2.45. The van der Waals surface area contributed by atoms with E-state index in [9.17, 15) is 4.79 Å². The summed E-state index contributed by atoms with van der Waals surface area (Å²) in [5, 5.41) is 0.338. The van der Waals surface area contributed by atoms with Gasteiger partial charge in [0.05, 0.1) is 11.3 Å². The highest BCUT2D eigenvalue weighted by Crippen LogP contribution is 2.38. The van der Waals surface area contributed by atoms with Gasteiger partial charge in [-0.05, 0) is 0 Å². The molecule has 0 radical (unpaired) electrons. The number of fused-ring (bicyclic) bond motifs is 1. The van der Waals surface area contributed by atoms with E-state index < -0.39 is 0 Å². The van der Waals surface area contributed by atoms with Crippen molar-refractivity contribution in [2.75, 3.05) is 5.75 Å². The predicted molar refractivity (Wildman–Crippen MR) is 45.9 cm³/mol. The zero-order chi connectivity index (χ0) is 7.84. The molecule has 2 aliphatic rings. The molecule has 2 aliphatic heterocycles.